The van der Waals surface area contributed by atoms with Crippen LogP contribution in [0.4, 0.5) is 0 Å². The highest BCUT2D eigenvalue weighted by Gasteiger charge is 2.12. The number of aliphatic hydroxyl groups is 2. The molecule has 4 N–H and O–H groups in total. The van der Waals surface area contributed by atoms with Crippen LogP contribution in [0.25, 0.3) is 0 Å². The van der Waals surface area contributed by atoms with Crippen molar-refractivity contribution >= 4 is 5.91 Å². The van der Waals surface area contributed by atoms with Gasteiger partial charge >= 0.3 is 0 Å². The summed E-state index contributed by atoms with van der Waals surface area (Å²) < 4.78 is 0. The lowest BCUT2D eigenvalue weighted by molar-refractivity contribution is -0.113. The van der Waals surface area contributed by atoms with Gasteiger partial charge in [-0.05, 0) is 12.5 Å². The van der Waals surface area contributed by atoms with Crippen LogP contribution in [0.2, 0.25) is 0 Å². The van der Waals surface area contributed by atoms with Crippen LogP contribution < -0.4 is 5.73 Å². The summed E-state index contributed by atoms with van der Waals surface area (Å²) in [5, 5.41) is 18.4. The lowest BCUT2D eigenvalue weighted by Crippen LogP contribution is -2.18. The Labute approximate surface area is 116 Å². The molecule has 0 aromatic rings. The highest BCUT2D eigenvalue weighted by atomic mass is 16.5. The molecular weight excluding hydrogens is 242 g/mol. The van der Waals surface area contributed by atoms with Gasteiger partial charge in [-0.25, -0.2) is 0 Å². The second kappa shape index (κ2) is 12.2. The maximum absolute atomic E-state index is 10.6. The first-order valence-electron chi connectivity index (χ1n) is 7.41. The molecule has 0 aromatic heterocycles. The summed E-state index contributed by atoms with van der Waals surface area (Å²) in [5.74, 6) is -0.950. The summed E-state index contributed by atoms with van der Waals surface area (Å²) >= 11 is 0. The number of nitrogens with two attached hydrogens (primary N) is 1. The van der Waals surface area contributed by atoms with Crippen LogP contribution in [0, 0.1) is 5.92 Å². The minimum Gasteiger partial charge on any atom is -0.368 e. The zero-order valence-corrected chi connectivity index (χ0v) is 12.1. The molecule has 0 aliphatic carbocycles. The summed E-state index contributed by atoms with van der Waals surface area (Å²) in [6.07, 6.45) is 11.6. The maximum Gasteiger partial charge on any atom is 0.241 e. The van der Waals surface area contributed by atoms with E-state index in [1.165, 1.54) is 50.7 Å². The molecule has 1 amide bonds. The first-order chi connectivity index (χ1) is 9.07. The summed E-state index contributed by atoms with van der Waals surface area (Å²) in [4.78, 5) is 10.6. The molecule has 0 aliphatic heterocycles. The molecule has 0 heterocycles. The van der Waals surface area contributed by atoms with E-state index in [9.17, 15) is 15.0 Å². The van der Waals surface area contributed by atoms with Gasteiger partial charge in [0, 0.05) is 5.92 Å². The maximum atomic E-state index is 10.6. The third kappa shape index (κ3) is 11.9. The fourth-order valence-electron chi connectivity index (χ4n) is 2.08. The fourth-order valence-corrected chi connectivity index (χ4v) is 2.08. The summed E-state index contributed by atoms with van der Waals surface area (Å²) in [6.45, 7) is 2.21. The number of hydrogen-bond acceptors (Lipinski definition) is 3. The number of rotatable bonds is 12. The van der Waals surface area contributed by atoms with E-state index in [1.54, 1.807) is 0 Å². The molecule has 1 unspecified atom stereocenters. The minimum atomic E-state index is -1.42. The van der Waals surface area contributed by atoms with Crippen LogP contribution in [0.15, 0.2) is 12.2 Å². The van der Waals surface area contributed by atoms with Crippen molar-refractivity contribution in [3.8, 4) is 0 Å². The molecule has 0 bridgehead atoms. The molecule has 0 saturated heterocycles. The molecule has 19 heavy (non-hydrogen) atoms. The van der Waals surface area contributed by atoms with Gasteiger partial charge in [-0.3, -0.25) is 4.79 Å². The van der Waals surface area contributed by atoms with Gasteiger partial charge < -0.3 is 15.9 Å². The number of carbonyl (C=O) groups excluding carboxylic acids is 1. The summed E-state index contributed by atoms with van der Waals surface area (Å²) in [7, 11) is 0. The molecule has 1 atom stereocenters. The van der Waals surface area contributed by atoms with Crippen LogP contribution in [-0.4, -0.2) is 22.4 Å². The molecule has 0 saturated carbocycles. The summed E-state index contributed by atoms with van der Waals surface area (Å²) in [5.41, 5.74) is 4.99. The van der Waals surface area contributed by atoms with Crippen molar-refractivity contribution in [3.05, 3.63) is 12.2 Å². The van der Waals surface area contributed by atoms with E-state index in [0.717, 1.165) is 12.8 Å². The predicted octanol–water partition coefficient (Wildman–Crippen LogP) is 2.49. The molecule has 0 rings (SSSR count). The lowest BCUT2D eigenvalue weighted by Gasteiger charge is -2.14. The lowest BCUT2D eigenvalue weighted by atomic mass is 9.99. The fraction of sp³-hybridized carbons (Fsp3) is 0.800. The first kappa shape index (κ1) is 18.1. The molecule has 0 radical (unpaired) electrons. The zero-order valence-electron chi connectivity index (χ0n) is 12.1. The predicted molar refractivity (Wildman–Crippen MR) is 77.3 cm³/mol. The van der Waals surface area contributed by atoms with E-state index in [2.05, 4.69) is 6.92 Å². The van der Waals surface area contributed by atoms with Gasteiger partial charge in [-0.15, -0.1) is 0 Å². The number of aliphatic hydroxyl groups excluding tert-OH is 1. The SMILES string of the molecule is CCCCCCCCCCC(/C=C/C(N)=O)C(O)O. The quantitative estimate of drug-likeness (QED) is 0.290. The van der Waals surface area contributed by atoms with Crippen molar-refractivity contribution in [2.24, 2.45) is 11.7 Å². The number of carbonyl (C=O) groups is 1. The van der Waals surface area contributed by atoms with Crippen LogP contribution in [0.1, 0.15) is 64.7 Å². The van der Waals surface area contributed by atoms with Gasteiger partial charge in [0.15, 0.2) is 6.29 Å². The van der Waals surface area contributed by atoms with Gasteiger partial charge in [0.05, 0.1) is 0 Å². The first-order valence-corrected chi connectivity index (χ1v) is 7.41. The molecule has 0 aliphatic rings. The van der Waals surface area contributed by atoms with E-state index >= 15 is 0 Å². The van der Waals surface area contributed by atoms with Crippen LogP contribution in [0.3, 0.4) is 0 Å². The van der Waals surface area contributed by atoms with Gasteiger partial charge in [0.25, 0.3) is 0 Å². The number of unbranched alkanes of at least 4 members (excludes halogenated alkanes) is 7. The number of amides is 1. The second-order valence-electron chi connectivity index (χ2n) is 5.10. The molecule has 4 nitrogen and oxygen atoms in total. The van der Waals surface area contributed by atoms with Crippen molar-refractivity contribution < 1.29 is 15.0 Å². The van der Waals surface area contributed by atoms with E-state index in [0.29, 0.717) is 6.42 Å². The molecule has 0 aromatic carbocycles. The Hall–Kier alpha value is -0.870. The Morgan fingerprint density at radius 2 is 1.58 bits per heavy atom. The Kier molecular flexibility index (Phi) is 11.6. The standard InChI is InChI=1S/C15H29NO3/c1-2-3-4-5-6-7-8-9-10-13(15(18)19)11-12-14(16)17/h11-13,15,18-19H,2-10H2,1H3,(H2,16,17)/b12-11+. The summed E-state index contributed by atoms with van der Waals surface area (Å²) in [6, 6.07) is 0. The van der Waals surface area contributed by atoms with Crippen LogP contribution in [0.5, 0.6) is 0 Å². The van der Waals surface area contributed by atoms with E-state index in [1.807, 2.05) is 0 Å². The number of hydrogen-bond donors (Lipinski definition) is 3. The molecule has 0 fully saturated rings. The van der Waals surface area contributed by atoms with E-state index in [4.69, 9.17) is 5.73 Å². The normalized spacial score (nSPS) is 13.3. The zero-order chi connectivity index (χ0) is 14.5. The van der Waals surface area contributed by atoms with Crippen LogP contribution >= 0.6 is 0 Å². The molecular formula is C15H29NO3. The van der Waals surface area contributed by atoms with Crippen molar-refractivity contribution in [2.75, 3.05) is 0 Å². The molecule has 112 valence electrons. The second-order valence-corrected chi connectivity index (χ2v) is 5.10. The topological polar surface area (TPSA) is 83.6 Å². The minimum absolute atomic E-state index is 0.396. The average molecular weight is 271 g/mol. The Morgan fingerprint density at radius 3 is 2.05 bits per heavy atom. The van der Waals surface area contributed by atoms with E-state index < -0.39 is 18.1 Å². The monoisotopic (exact) mass is 271 g/mol. The highest BCUT2D eigenvalue weighted by Crippen LogP contribution is 2.16. The highest BCUT2D eigenvalue weighted by molar-refractivity contribution is 5.85. The van der Waals surface area contributed by atoms with Crippen molar-refractivity contribution in [3.63, 3.8) is 0 Å². The van der Waals surface area contributed by atoms with Crippen LogP contribution in [-0.2, 0) is 4.79 Å². The van der Waals surface area contributed by atoms with Gasteiger partial charge in [0.1, 0.15) is 0 Å². The Bertz CT molecular complexity index is 252. The van der Waals surface area contributed by atoms with Gasteiger partial charge in [0.2, 0.25) is 5.91 Å². The third-order valence-corrected chi connectivity index (χ3v) is 3.28. The van der Waals surface area contributed by atoms with Crippen molar-refractivity contribution in [1.29, 1.82) is 0 Å². The van der Waals surface area contributed by atoms with Gasteiger partial charge in [-0.2, -0.15) is 0 Å². The molecule has 4 heteroatoms. The van der Waals surface area contributed by atoms with Crippen molar-refractivity contribution in [1.82, 2.24) is 0 Å². The number of primary amides is 1. The Balaban J connectivity index is 3.62. The van der Waals surface area contributed by atoms with Gasteiger partial charge in [-0.1, -0.05) is 64.4 Å². The largest absolute Gasteiger partial charge is 0.368 e. The third-order valence-electron chi connectivity index (χ3n) is 3.28. The molecule has 0 spiro atoms. The average Bonchev–Trinajstić information content (AvgIpc) is 2.35. The Morgan fingerprint density at radius 1 is 1.05 bits per heavy atom. The smallest absolute Gasteiger partial charge is 0.241 e. The van der Waals surface area contributed by atoms with Crippen molar-refractivity contribution in [2.45, 2.75) is 71.0 Å². The van der Waals surface area contributed by atoms with E-state index in [-0.39, 0.29) is 0 Å².